The number of carboxylic acids is 1. The number of methoxy groups -OCH3 is 1. The third-order valence-corrected chi connectivity index (χ3v) is 5.67. The van der Waals surface area contributed by atoms with Crippen LogP contribution in [0.2, 0.25) is 0 Å². The van der Waals surface area contributed by atoms with Crippen LogP contribution in [0.15, 0.2) is 79.5 Å². The molecule has 4 rings (SSSR count). The molecule has 8 nitrogen and oxygen atoms in total. The van der Waals surface area contributed by atoms with Crippen LogP contribution in [0.4, 0.5) is 17.2 Å². The third kappa shape index (κ3) is 6.85. The Morgan fingerprint density at radius 1 is 1.03 bits per heavy atom. The van der Waals surface area contributed by atoms with E-state index < -0.39 is 5.97 Å². The molecular weight excluding hydrogens is 456 g/mol. The van der Waals surface area contributed by atoms with Gasteiger partial charge in [-0.25, -0.2) is 9.78 Å². The molecule has 0 spiro atoms. The number of carboxylic acid groups (broad SMARTS) is 1. The van der Waals surface area contributed by atoms with Gasteiger partial charge in [-0.2, -0.15) is 0 Å². The zero-order valence-corrected chi connectivity index (χ0v) is 20.7. The summed E-state index contributed by atoms with van der Waals surface area (Å²) >= 11 is 0. The van der Waals surface area contributed by atoms with Gasteiger partial charge in [0.05, 0.1) is 18.4 Å². The second-order valence-electron chi connectivity index (χ2n) is 8.14. The second kappa shape index (κ2) is 12.9. The number of hydrogen-bond acceptors (Lipinski definition) is 6. The summed E-state index contributed by atoms with van der Waals surface area (Å²) in [7, 11) is 1.55. The van der Waals surface area contributed by atoms with E-state index in [9.17, 15) is 14.7 Å². The summed E-state index contributed by atoms with van der Waals surface area (Å²) in [4.78, 5) is 33.4. The van der Waals surface area contributed by atoms with Gasteiger partial charge in [-0.3, -0.25) is 4.79 Å². The number of carbonyl (C=O) groups is 2. The van der Waals surface area contributed by atoms with E-state index in [1.165, 1.54) is 0 Å². The fourth-order valence-electron chi connectivity index (χ4n) is 3.90. The first-order chi connectivity index (χ1) is 17.5. The topological polar surface area (TPSA) is 95.0 Å². The predicted octanol–water partition coefficient (Wildman–Crippen LogP) is 4.95. The number of amides is 1. The molecule has 1 aromatic heterocycles. The third-order valence-electron chi connectivity index (χ3n) is 5.67. The van der Waals surface area contributed by atoms with Crippen molar-refractivity contribution in [3.63, 3.8) is 0 Å². The second-order valence-corrected chi connectivity index (χ2v) is 8.14. The number of ether oxygens (including phenoxy) is 1. The molecule has 188 valence electrons. The molecule has 2 heterocycles. The molecule has 36 heavy (non-hydrogen) atoms. The van der Waals surface area contributed by atoms with Gasteiger partial charge in [-0.15, -0.1) is 6.58 Å². The Morgan fingerprint density at radius 3 is 2.36 bits per heavy atom. The number of aromatic nitrogens is 1. The Kier molecular flexibility index (Phi) is 9.45. The Morgan fingerprint density at radius 2 is 1.72 bits per heavy atom. The van der Waals surface area contributed by atoms with Gasteiger partial charge < -0.3 is 25.0 Å². The molecule has 0 atom stereocenters. The zero-order chi connectivity index (χ0) is 25.9. The molecule has 1 aliphatic rings. The van der Waals surface area contributed by atoms with E-state index >= 15 is 0 Å². The van der Waals surface area contributed by atoms with Crippen molar-refractivity contribution in [1.82, 2.24) is 4.98 Å². The van der Waals surface area contributed by atoms with Crippen molar-refractivity contribution < 1.29 is 19.4 Å². The standard InChI is InChI=1S/C25H26N4O4.C3H6/c1-33-20-9-6-18(7-10-20)24(30)27-22-11-8-19(17-21(22)25(31)32)28-13-4-14-29(16-15-28)23-5-2-3-12-26-23;1-3-2/h2-3,5-12,17H,4,13-16H2,1H3,(H,27,30)(H,31,32);3H,1H2,2H3. The van der Waals surface area contributed by atoms with Crippen LogP contribution in [-0.2, 0) is 0 Å². The number of pyridine rings is 1. The average Bonchev–Trinajstić information content (AvgIpc) is 3.16. The molecule has 8 heteroatoms. The molecule has 3 aromatic rings. The fraction of sp³-hybridized carbons (Fsp3) is 0.250. The van der Waals surface area contributed by atoms with E-state index in [2.05, 4.69) is 26.7 Å². The normalized spacial score (nSPS) is 13.1. The van der Waals surface area contributed by atoms with Gasteiger partial charge in [-0.05, 0) is 67.9 Å². The summed E-state index contributed by atoms with van der Waals surface area (Å²) in [5, 5.41) is 12.5. The van der Waals surface area contributed by atoms with Crippen LogP contribution in [0.25, 0.3) is 0 Å². The van der Waals surface area contributed by atoms with Gasteiger partial charge in [0.1, 0.15) is 11.6 Å². The summed E-state index contributed by atoms with van der Waals surface area (Å²) in [6.07, 6.45) is 4.46. The Labute approximate surface area is 211 Å². The van der Waals surface area contributed by atoms with Gasteiger partial charge in [0.2, 0.25) is 0 Å². The minimum Gasteiger partial charge on any atom is -0.497 e. The molecule has 0 aliphatic carbocycles. The lowest BCUT2D eigenvalue weighted by Gasteiger charge is -2.25. The Balaban J connectivity index is 0.00000115. The minimum atomic E-state index is -1.09. The van der Waals surface area contributed by atoms with Gasteiger partial charge in [0, 0.05) is 43.6 Å². The lowest BCUT2D eigenvalue weighted by atomic mass is 10.1. The molecule has 1 saturated heterocycles. The van der Waals surface area contributed by atoms with Gasteiger partial charge >= 0.3 is 5.97 Å². The molecule has 1 fully saturated rings. The van der Waals surface area contributed by atoms with Crippen molar-refractivity contribution in [3.8, 4) is 5.75 Å². The maximum Gasteiger partial charge on any atom is 0.337 e. The minimum absolute atomic E-state index is 0.0557. The van der Waals surface area contributed by atoms with Crippen molar-refractivity contribution in [2.24, 2.45) is 0 Å². The summed E-state index contributed by atoms with van der Waals surface area (Å²) in [5.74, 6) is 0.115. The van der Waals surface area contributed by atoms with E-state index in [0.717, 1.165) is 44.1 Å². The Bertz CT molecular complexity index is 1170. The average molecular weight is 489 g/mol. The van der Waals surface area contributed by atoms with Gasteiger partial charge in [0.15, 0.2) is 0 Å². The lowest BCUT2D eigenvalue weighted by Crippen LogP contribution is -2.31. The fourth-order valence-corrected chi connectivity index (χ4v) is 3.90. The SMILES string of the molecule is C=CC.COc1ccc(C(=O)Nc2ccc(N3CCCN(c4ccccn4)CC3)cc2C(=O)O)cc1. The smallest absolute Gasteiger partial charge is 0.337 e. The van der Waals surface area contributed by atoms with Crippen LogP contribution in [0.1, 0.15) is 34.1 Å². The summed E-state index contributed by atoms with van der Waals surface area (Å²) in [6.45, 7) is 8.47. The van der Waals surface area contributed by atoms with E-state index in [1.54, 1.807) is 55.8 Å². The highest BCUT2D eigenvalue weighted by atomic mass is 16.5. The molecule has 2 aromatic carbocycles. The summed E-state index contributed by atoms with van der Waals surface area (Å²) < 4.78 is 5.11. The van der Waals surface area contributed by atoms with Crippen molar-refractivity contribution in [2.45, 2.75) is 13.3 Å². The largest absolute Gasteiger partial charge is 0.497 e. The van der Waals surface area contributed by atoms with Crippen LogP contribution in [-0.4, -0.2) is 55.3 Å². The quantitative estimate of drug-likeness (QED) is 0.474. The predicted molar refractivity (Wildman–Crippen MR) is 143 cm³/mol. The van der Waals surface area contributed by atoms with Gasteiger partial charge in [-0.1, -0.05) is 12.1 Å². The van der Waals surface area contributed by atoms with Crippen LogP contribution in [0.5, 0.6) is 5.75 Å². The van der Waals surface area contributed by atoms with Crippen LogP contribution in [0, 0.1) is 0 Å². The number of nitrogens with one attached hydrogen (secondary N) is 1. The highest BCUT2D eigenvalue weighted by Gasteiger charge is 2.20. The number of nitrogens with zero attached hydrogens (tertiary/aromatic N) is 3. The van der Waals surface area contributed by atoms with Crippen molar-refractivity contribution >= 4 is 29.1 Å². The molecular formula is C28H32N4O4. The van der Waals surface area contributed by atoms with Crippen LogP contribution >= 0.6 is 0 Å². The highest BCUT2D eigenvalue weighted by Crippen LogP contribution is 2.26. The van der Waals surface area contributed by atoms with Crippen molar-refractivity contribution in [2.75, 3.05) is 48.4 Å². The monoisotopic (exact) mass is 488 g/mol. The number of benzene rings is 2. The number of anilines is 3. The lowest BCUT2D eigenvalue weighted by molar-refractivity contribution is 0.0698. The van der Waals surface area contributed by atoms with Crippen molar-refractivity contribution in [3.05, 3.63) is 90.6 Å². The first kappa shape index (κ1) is 26.3. The van der Waals surface area contributed by atoms with E-state index in [-0.39, 0.29) is 17.2 Å². The molecule has 0 radical (unpaired) electrons. The maximum atomic E-state index is 12.6. The molecule has 0 bridgehead atoms. The van der Waals surface area contributed by atoms with Crippen molar-refractivity contribution in [1.29, 1.82) is 0 Å². The maximum absolute atomic E-state index is 12.6. The number of allylic oxidation sites excluding steroid dienone is 1. The first-order valence-corrected chi connectivity index (χ1v) is 11.8. The van der Waals surface area contributed by atoms with Crippen LogP contribution < -0.4 is 19.9 Å². The Hall–Kier alpha value is -4.33. The summed E-state index contributed by atoms with van der Waals surface area (Å²) in [5.41, 5.74) is 1.55. The van der Waals surface area contributed by atoms with Gasteiger partial charge in [0.25, 0.3) is 5.91 Å². The molecule has 1 amide bonds. The molecule has 0 saturated carbocycles. The molecule has 2 N–H and O–H groups in total. The van der Waals surface area contributed by atoms with E-state index in [1.807, 2.05) is 31.2 Å². The molecule has 1 aliphatic heterocycles. The number of rotatable bonds is 6. The van der Waals surface area contributed by atoms with E-state index in [0.29, 0.717) is 11.3 Å². The first-order valence-electron chi connectivity index (χ1n) is 11.8. The van der Waals surface area contributed by atoms with Crippen LogP contribution in [0.3, 0.4) is 0 Å². The number of hydrogen-bond donors (Lipinski definition) is 2. The number of carbonyl (C=O) groups excluding carboxylic acids is 1. The summed E-state index contributed by atoms with van der Waals surface area (Å²) in [6, 6.07) is 17.6. The highest BCUT2D eigenvalue weighted by molar-refractivity contribution is 6.08. The molecule has 0 unspecified atom stereocenters. The number of aromatic carboxylic acids is 1. The van der Waals surface area contributed by atoms with E-state index in [4.69, 9.17) is 4.74 Å². The zero-order valence-electron chi connectivity index (χ0n) is 20.7.